The second-order valence-corrected chi connectivity index (χ2v) is 5.09. The molecule has 0 atom stereocenters. The molecule has 0 bridgehead atoms. The number of H-pyrrole nitrogens is 1. The standard InChI is InChI=1S/C16H22N4/c1-5-6-18-16(17)19-9-13-7-10(2)8-14-11(3)12(4)20-15(13)14/h5,7-8,20H,1,6,9H2,2-4H3,(H3,17,18,19). The predicted octanol–water partition coefficient (Wildman–Crippen LogP) is 2.68. The number of aliphatic imine (C=N–C) groups is 1. The lowest BCUT2D eigenvalue weighted by Gasteiger charge is -2.05. The molecule has 0 amide bonds. The van der Waals surface area contributed by atoms with Crippen molar-refractivity contribution in [1.82, 2.24) is 10.3 Å². The van der Waals surface area contributed by atoms with Gasteiger partial charge in [-0.3, -0.25) is 0 Å². The number of nitrogens with one attached hydrogen (secondary N) is 2. The summed E-state index contributed by atoms with van der Waals surface area (Å²) >= 11 is 0. The summed E-state index contributed by atoms with van der Waals surface area (Å²) in [6.45, 7) is 11.2. The average Bonchev–Trinajstić information content (AvgIpc) is 2.70. The maximum absolute atomic E-state index is 5.81. The van der Waals surface area contributed by atoms with Gasteiger partial charge < -0.3 is 16.0 Å². The van der Waals surface area contributed by atoms with Gasteiger partial charge in [-0.25, -0.2) is 4.99 Å². The minimum atomic E-state index is 0.444. The van der Waals surface area contributed by atoms with Gasteiger partial charge in [0.1, 0.15) is 0 Å². The number of benzene rings is 1. The third-order valence-electron chi connectivity index (χ3n) is 3.49. The number of nitrogens with two attached hydrogens (primary N) is 1. The molecule has 0 aliphatic heterocycles. The molecule has 4 nitrogen and oxygen atoms in total. The van der Waals surface area contributed by atoms with Crippen molar-refractivity contribution < 1.29 is 0 Å². The maximum Gasteiger partial charge on any atom is 0.189 e. The third-order valence-corrected chi connectivity index (χ3v) is 3.49. The quantitative estimate of drug-likeness (QED) is 0.454. The molecule has 4 heteroatoms. The third kappa shape index (κ3) is 2.85. The van der Waals surface area contributed by atoms with Gasteiger partial charge in [-0.15, -0.1) is 6.58 Å². The Morgan fingerprint density at radius 2 is 2.15 bits per heavy atom. The summed E-state index contributed by atoms with van der Waals surface area (Å²) in [5, 5.41) is 4.25. The first-order valence-electron chi connectivity index (χ1n) is 6.76. The lowest BCUT2D eigenvalue weighted by Crippen LogP contribution is -2.31. The van der Waals surface area contributed by atoms with E-state index >= 15 is 0 Å². The summed E-state index contributed by atoms with van der Waals surface area (Å²) in [6, 6.07) is 4.36. The molecule has 0 unspecified atom stereocenters. The van der Waals surface area contributed by atoms with Crippen molar-refractivity contribution in [3.63, 3.8) is 0 Å². The average molecular weight is 270 g/mol. The first-order chi connectivity index (χ1) is 9.52. The van der Waals surface area contributed by atoms with E-state index in [1.807, 2.05) is 0 Å². The Hall–Kier alpha value is -2.23. The van der Waals surface area contributed by atoms with Crippen LogP contribution in [0.3, 0.4) is 0 Å². The minimum Gasteiger partial charge on any atom is -0.370 e. The summed E-state index contributed by atoms with van der Waals surface area (Å²) in [4.78, 5) is 7.82. The molecule has 0 aliphatic rings. The zero-order valence-electron chi connectivity index (χ0n) is 12.4. The summed E-state index contributed by atoms with van der Waals surface area (Å²) in [7, 11) is 0. The second-order valence-electron chi connectivity index (χ2n) is 5.09. The van der Waals surface area contributed by atoms with Crippen LogP contribution in [0.4, 0.5) is 0 Å². The van der Waals surface area contributed by atoms with Crippen molar-refractivity contribution >= 4 is 16.9 Å². The van der Waals surface area contributed by atoms with Crippen LogP contribution >= 0.6 is 0 Å². The highest BCUT2D eigenvalue weighted by molar-refractivity contribution is 5.88. The number of aromatic nitrogens is 1. The molecule has 1 heterocycles. The van der Waals surface area contributed by atoms with E-state index in [1.165, 1.54) is 27.8 Å². The van der Waals surface area contributed by atoms with Crippen LogP contribution in [0.1, 0.15) is 22.4 Å². The van der Waals surface area contributed by atoms with E-state index in [2.05, 4.69) is 54.8 Å². The Bertz CT molecular complexity index is 665. The van der Waals surface area contributed by atoms with Crippen molar-refractivity contribution in [2.24, 2.45) is 10.7 Å². The number of fused-ring (bicyclic) bond motifs is 1. The van der Waals surface area contributed by atoms with Crippen molar-refractivity contribution in [2.75, 3.05) is 6.54 Å². The molecular formula is C16H22N4. The molecule has 20 heavy (non-hydrogen) atoms. The fraction of sp³-hybridized carbons (Fsp3) is 0.312. The Morgan fingerprint density at radius 1 is 1.40 bits per heavy atom. The summed E-state index contributed by atoms with van der Waals surface area (Å²) in [5.41, 5.74) is 11.9. The topological polar surface area (TPSA) is 66.2 Å². The van der Waals surface area contributed by atoms with Crippen LogP contribution in [-0.4, -0.2) is 17.5 Å². The van der Waals surface area contributed by atoms with Crippen LogP contribution < -0.4 is 11.1 Å². The van der Waals surface area contributed by atoms with Gasteiger partial charge in [0.05, 0.1) is 12.1 Å². The van der Waals surface area contributed by atoms with Gasteiger partial charge in [0.15, 0.2) is 5.96 Å². The molecular weight excluding hydrogens is 248 g/mol. The monoisotopic (exact) mass is 270 g/mol. The molecule has 0 radical (unpaired) electrons. The molecule has 1 aromatic carbocycles. The number of hydrogen-bond donors (Lipinski definition) is 3. The summed E-state index contributed by atoms with van der Waals surface area (Å²) < 4.78 is 0. The number of aryl methyl sites for hydroxylation is 3. The largest absolute Gasteiger partial charge is 0.370 e. The van der Waals surface area contributed by atoms with Gasteiger partial charge in [0, 0.05) is 17.6 Å². The van der Waals surface area contributed by atoms with Gasteiger partial charge >= 0.3 is 0 Å². The molecule has 4 N–H and O–H groups in total. The second kappa shape index (κ2) is 5.82. The van der Waals surface area contributed by atoms with Gasteiger partial charge in [0.25, 0.3) is 0 Å². The van der Waals surface area contributed by atoms with Gasteiger partial charge in [-0.2, -0.15) is 0 Å². The smallest absolute Gasteiger partial charge is 0.189 e. The van der Waals surface area contributed by atoms with Gasteiger partial charge in [0.2, 0.25) is 0 Å². The van der Waals surface area contributed by atoms with E-state index in [4.69, 9.17) is 5.73 Å². The number of hydrogen-bond acceptors (Lipinski definition) is 1. The number of aromatic amines is 1. The van der Waals surface area contributed by atoms with Crippen LogP contribution in [0.5, 0.6) is 0 Å². The molecule has 0 spiro atoms. The van der Waals surface area contributed by atoms with E-state index in [9.17, 15) is 0 Å². The van der Waals surface area contributed by atoms with Crippen LogP contribution in [0.15, 0.2) is 29.8 Å². The van der Waals surface area contributed by atoms with Crippen LogP contribution in [-0.2, 0) is 6.54 Å². The SMILES string of the molecule is C=CCNC(N)=NCc1cc(C)cc2c(C)c(C)[nH]c12. The molecule has 0 saturated carbocycles. The van der Waals surface area contributed by atoms with E-state index in [-0.39, 0.29) is 0 Å². The minimum absolute atomic E-state index is 0.444. The zero-order valence-corrected chi connectivity index (χ0v) is 12.4. The molecule has 2 aromatic rings. The Morgan fingerprint density at radius 3 is 2.85 bits per heavy atom. The molecule has 0 fully saturated rings. The fourth-order valence-electron chi connectivity index (χ4n) is 2.32. The van der Waals surface area contributed by atoms with Crippen LogP contribution in [0.25, 0.3) is 10.9 Å². The Kier molecular flexibility index (Phi) is 4.13. The maximum atomic E-state index is 5.81. The van der Waals surface area contributed by atoms with E-state index in [1.54, 1.807) is 6.08 Å². The first-order valence-corrected chi connectivity index (χ1v) is 6.76. The van der Waals surface area contributed by atoms with E-state index < -0.39 is 0 Å². The van der Waals surface area contributed by atoms with Gasteiger partial charge in [-0.05, 0) is 38.0 Å². The van der Waals surface area contributed by atoms with Crippen molar-refractivity contribution in [2.45, 2.75) is 27.3 Å². The zero-order chi connectivity index (χ0) is 14.7. The molecule has 2 rings (SSSR count). The molecule has 0 aliphatic carbocycles. The van der Waals surface area contributed by atoms with Gasteiger partial charge in [-0.1, -0.05) is 17.7 Å². The van der Waals surface area contributed by atoms with Crippen molar-refractivity contribution in [3.8, 4) is 0 Å². The fourth-order valence-corrected chi connectivity index (χ4v) is 2.32. The molecule has 0 saturated heterocycles. The number of rotatable bonds is 4. The van der Waals surface area contributed by atoms with E-state index in [0.29, 0.717) is 19.0 Å². The summed E-state index contributed by atoms with van der Waals surface area (Å²) in [5.74, 6) is 0.444. The highest BCUT2D eigenvalue weighted by Gasteiger charge is 2.09. The van der Waals surface area contributed by atoms with Crippen molar-refractivity contribution in [3.05, 3.63) is 47.2 Å². The molecule has 1 aromatic heterocycles. The molecule has 106 valence electrons. The first kappa shape index (κ1) is 14.2. The highest BCUT2D eigenvalue weighted by atomic mass is 15.1. The Labute approximate surface area is 119 Å². The lowest BCUT2D eigenvalue weighted by atomic mass is 10.0. The van der Waals surface area contributed by atoms with Crippen LogP contribution in [0, 0.1) is 20.8 Å². The predicted molar refractivity (Wildman–Crippen MR) is 86.0 cm³/mol. The van der Waals surface area contributed by atoms with E-state index in [0.717, 1.165) is 5.52 Å². The van der Waals surface area contributed by atoms with Crippen molar-refractivity contribution in [1.29, 1.82) is 0 Å². The Balaban J connectivity index is 2.34. The highest BCUT2D eigenvalue weighted by Crippen LogP contribution is 2.26. The number of nitrogens with zero attached hydrogens (tertiary/aromatic N) is 1. The number of guanidine groups is 1. The van der Waals surface area contributed by atoms with Crippen LogP contribution in [0.2, 0.25) is 0 Å². The lowest BCUT2D eigenvalue weighted by molar-refractivity contribution is 0.972. The normalized spacial score (nSPS) is 11.8. The summed E-state index contributed by atoms with van der Waals surface area (Å²) in [6.07, 6.45) is 1.75.